The van der Waals surface area contributed by atoms with E-state index in [2.05, 4.69) is 31.2 Å². The highest BCUT2D eigenvalue weighted by Crippen LogP contribution is 2.31. The van der Waals surface area contributed by atoms with Gasteiger partial charge in [-0.2, -0.15) is 0 Å². The molecule has 0 unspecified atom stereocenters. The van der Waals surface area contributed by atoms with Gasteiger partial charge in [-0.15, -0.1) is 0 Å². The first-order valence-corrected chi connectivity index (χ1v) is 7.18. The highest BCUT2D eigenvalue weighted by Gasteiger charge is 2.05. The highest BCUT2D eigenvalue weighted by molar-refractivity contribution is 5.85. The third-order valence-electron chi connectivity index (χ3n) is 3.65. The van der Waals surface area contributed by atoms with Gasteiger partial charge in [0.1, 0.15) is 6.61 Å². The van der Waals surface area contributed by atoms with Gasteiger partial charge in [0.2, 0.25) is 0 Å². The van der Waals surface area contributed by atoms with Gasteiger partial charge in [-0.3, -0.25) is 0 Å². The van der Waals surface area contributed by atoms with Gasteiger partial charge in [-0.25, -0.2) is 0 Å². The number of fused-ring (bicyclic) bond motifs is 1. The number of rotatable bonds is 4. The molecule has 2 nitrogen and oxygen atoms in total. The van der Waals surface area contributed by atoms with Gasteiger partial charge in [0, 0.05) is 0 Å². The minimum absolute atomic E-state index is 0.180. The molecule has 0 atom stereocenters. The molecule has 0 radical (unpaired) electrons. The van der Waals surface area contributed by atoms with Crippen molar-refractivity contribution in [2.24, 2.45) is 0 Å². The summed E-state index contributed by atoms with van der Waals surface area (Å²) in [6.45, 7) is 2.59. The van der Waals surface area contributed by atoms with Crippen molar-refractivity contribution >= 4 is 10.8 Å². The number of phenols is 1. The zero-order valence-electron chi connectivity index (χ0n) is 12.0. The van der Waals surface area contributed by atoms with Crippen LogP contribution in [0.1, 0.15) is 18.1 Å². The largest absolute Gasteiger partial charge is 0.504 e. The van der Waals surface area contributed by atoms with Crippen molar-refractivity contribution in [3.8, 4) is 11.5 Å². The van der Waals surface area contributed by atoms with Crippen LogP contribution in [0.15, 0.2) is 60.7 Å². The first-order valence-electron chi connectivity index (χ1n) is 7.18. The average molecular weight is 278 g/mol. The number of hydrogen-bond donors (Lipinski definition) is 1. The molecule has 0 saturated carbocycles. The topological polar surface area (TPSA) is 29.5 Å². The molecule has 0 spiro atoms. The molecule has 3 aromatic rings. The molecule has 0 aliphatic carbocycles. The second-order valence-electron chi connectivity index (χ2n) is 5.13. The standard InChI is InChI=1S/C19H18O2/c1-2-14-7-9-15(10-8-14)13-21-19-12-17-6-4-3-5-16(17)11-18(19)20/h3-12,20H,2,13H2,1H3. The third-order valence-corrected chi connectivity index (χ3v) is 3.65. The van der Waals surface area contributed by atoms with Gasteiger partial charge in [0.05, 0.1) is 0 Å². The number of phenolic OH excluding ortho intramolecular Hbond substituents is 1. The van der Waals surface area contributed by atoms with E-state index in [1.165, 1.54) is 5.56 Å². The van der Waals surface area contributed by atoms with E-state index < -0.39 is 0 Å². The summed E-state index contributed by atoms with van der Waals surface area (Å²) in [5.74, 6) is 0.701. The predicted molar refractivity (Wildman–Crippen MR) is 85.8 cm³/mol. The van der Waals surface area contributed by atoms with Crippen LogP contribution >= 0.6 is 0 Å². The predicted octanol–water partition coefficient (Wildman–Crippen LogP) is 4.69. The SMILES string of the molecule is CCc1ccc(COc2cc3ccccc3cc2O)cc1. The van der Waals surface area contributed by atoms with Crippen LogP contribution in [-0.4, -0.2) is 5.11 Å². The van der Waals surface area contributed by atoms with E-state index >= 15 is 0 Å². The van der Waals surface area contributed by atoms with E-state index in [9.17, 15) is 5.11 Å². The Morgan fingerprint density at radius 2 is 1.48 bits per heavy atom. The van der Waals surface area contributed by atoms with Gasteiger partial charge in [0.25, 0.3) is 0 Å². The molecule has 1 N–H and O–H groups in total. The molecule has 0 aliphatic rings. The van der Waals surface area contributed by atoms with Crippen LogP contribution in [0.25, 0.3) is 10.8 Å². The van der Waals surface area contributed by atoms with Crippen molar-refractivity contribution < 1.29 is 9.84 Å². The van der Waals surface area contributed by atoms with Crippen molar-refractivity contribution in [3.05, 3.63) is 71.8 Å². The first kappa shape index (κ1) is 13.5. The molecule has 106 valence electrons. The molecule has 0 heterocycles. The van der Waals surface area contributed by atoms with Crippen molar-refractivity contribution in [1.82, 2.24) is 0 Å². The molecule has 0 fully saturated rings. The van der Waals surface area contributed by atoms with Crippen LogP contribution in [0.3, 0.4) is 0 Å². The summed E-state index contributed by atoms with van der Waals surface area (Å²) in [5.41, 5.74) is 2.41. The fourth-order valence-electron chi connectivity index (χ4n) is 2.36. The second-order valence-corrected chi connectivity index (χ2v) is 5.13. The quantitative estimate of drug-likeness (QED) is 0.750. The van der Waals surface area contributed by atoms with Gasteiger partial charge in [-0.1, -0.05) is 55.5 Å². The Labute approximate surface area is 124 Å². The molecule has 3 aromatic carbocycles. The van der Waals surface area contributed by atoms with E-state index in [0.717, 1.165) is 22.8 Å². The monoisotopic (exact) mass is 278 g/mol. The highest BCUT2D eigenvalue weighted by atomic mass is 16.5. The summed E-state index contributed by atoms with van der Waals surface area (Å²) in [4.78, 5) is 0. The van der Waals surface area contributed by atoms with E-state index in [-0.39, 0.29) is 5.75 Å². The molecule has 0 aromatic heterocycles. The molecular formula is C19H18O2. The van der Waals surface area contributed by atoms with Crippen LogP contribution in [0.4, 0.5) is 0 Å². The molecule has 0 amide bonds. The average Bonchev–Trinajstić information content (AvgIpc) is 2.53. The van der Waals surface area contributed by atoms with E-state index in [1.807, 2.05) is 30.3 Å². The fraction of sp³-hybridized carbons (Fsp3) is 0.158. The van der Waals surface area contributed by atoms with Crippen molar-refractivity contribution in [1.29, 1.82) is 0 Å². The Morgan fingerprint density at radius 1 is 0.857 bits per heavy atom. The van der Waals surface area contributed by atoms with E-state index in [0.29, 0.717) is 12.4 Å². The number of ether oxygens (including phenoxy) is 1. The minimum atomic E-state index is 0.180. The summed E-state index contributed by atoms with van der Waals surface area (Å²) in [6, 6.07) is 19.9. The molecular weight excluding hydrogens is 260 g/mol. The van der Waals surface area contributed by atoms with Gasteiger partial charge in [0.15, 0.2) is 11.5 Å². The molecule has 2 heteroatoms. The molecule has 0 aliphatic heterocycles. The summed E-state index contributed by atoms with van der Waals surface area (Å²) in [7, 11) is 0. The van der Waals surface area contributed by atoms with Crippen LogP contribution in [-0.2, 0) is 13.0 Å². The lowest BCUT2D eigenvalue weighted by Gasteiger charge is -2.10. The van der Waals surface area contributed by atoms with Gasteiger partial charge >= 0.3 is 0 Å². The van der Waals surface area contributed by atoms with E-state index in [1.54, 1.807) is 6.07 Å². The Hall–Kier alpha value is -2.48. The molecule has 0 bridgehead atoms. The number of aryl methyl sites for hydroxylation is 1. The Kier molecular flexibility index (Phi) is 3.78. The Bertz CT molecular complexity index is 745. The Morgan fingerprint density at radius 3 is 2.14 bits per heavy atom. The second kappa shape index (κ2) is 5.88. The summed E-state index contributed by atoms with van der Waals surface area (Å²) >= 11 is 0. The van der Waals surface area contributed by atoms with Crippen molar-refractivity contribution in [3.63, 3.8) is 0 Å². The lowest BCUT2D eigenvalue weighted by atomic mass is 10.1. The number of benzene rings is 3. The maximum Gasteiger partial charge on any atom is 0.162 e. The smallest absolute Gasteiger partial charge is 0.162 e. The summed E-state index contributed by atoms with van der Waals surface area (Å²) in [5, 5.41) is 12.1. The maximum atomic E-state index is 10.0. The lowest BCUT2D eigenvalue weighted by molar-refractivity contribution is 0.289. The van der Waals surface area contributed by atoms with Gasteiger partial charge in [-0.05, 0) is 40.5 Å². The summed E-state index contributed by atoms with van der Waals surface area (Å²) < 4.78 is 5.75. The fourth-order valence-corrected chi connectivity index (χ4v) is 2.36. The van der Waals surface area contributed by atoms with Crippen LogP contribution in [0, 0.1) is 0 Å². The van der Waals surface area contributed by atoms with Crippen LogP contribution in [0.2, 0.25) is 0 Å². The van der Waals surface area contributed by atoms with Crippen LogP contribution < -0.4 is 4.74 Å². The van der Waals surface area contributed by atoms with Gasteiger partial charge < -0.3 is 9.84 Å². The number of aromatic hydroxyl groups is 1. The zero-order chi connectivity index (χ0) is 14.7. The molecule has 3 rings (SSSR count). The summed E-state index contributed by atoms with van der Waals surface area (Å²) in [6.07, 6.45) is 1.03. The van der Waals surface area contributed by atoms with Crippen molar-refractivity contribution in [2.45, 2.75) is 20.0 Å². The maximum absolute atomic E-state index is 10.0. The van der Waals surface area contributed by atoms with Crippen molar-refractivity contribution in [2.75, 3.05) is 0 Å². The lowest BCUT2D eigenvalue weighted by Crippen LogP contribution is -1.96. The zero-order valence-corrected chi connectivity index (χ0v) is 12.0. The normalized spacial score (nSPS) is 10.7. The number of hydrogen-bond acceptors (Lipinski definition) is 2. The van der Waals surface area contributed by atoms with Crippen LogP contribution in [0.5, 0.6) is 11.5 Å². The van der Waals surface area contributed by atoms with E-state index in [4.69, 9.17) is 4.74 Å². The molecule has 0 saturated heterocycles. The Balaban J connectivity index is 1.79. The minimum Gasteiger partial charge on any atom is -0.504 e. The molecule has 21 heavy (non-hydrogen) atoms. The third kappa shape index (κ3) is 3.00. The first-order chi connectivity index (χ1) is 10.3.